The average molecular weight is 215 g/mol. The van der Waals surface area contributed by atoms with Crippen LogP contribution >= 0.6 is 0 Å². The first kappa shape index (κ1) is 9.91. The lowest BCUT2D eigenvalue weighted by molar-refractivity contribution is 0.587. The monoisotopic (exact) mass is 215 g/mol. The molecular formula is C14H17NO. The smallest absolute Gasteiger partial charge is 0.137 e. The number of fused-ring (bicyclic) bond motifs is 1. The predicted molar refractivity (Wildman–Crippen MR) is 65.4 cm³/mol. The van der Waals surface area contributed by atoms with Crippen molar-refractivity contribution >= 4 is 11.0 Å². The van der Waals surface area contributed by atoms with Crippen molar-refractivity contribution in [2.24, 2.45) is 5.73 Å². The molecule has 0 bridgehead atoms. The summed E-state index contributed by atoms with van der Waals surface area (Å²) in [5.74, 6) is 0. The number of nitrogens with two attached hydrogens (primary N) is 1. The number of hydrogen-bond acceptors (Lipinski definition) is 2. The van der Waals surface area contributed by atoms with Gasteiger partial charge in [-0.3, -0.25) is 0 Å². The van der Waals surface area contributed by atoms with Crippen molar-refractivity contribution in [1.29, 1.82) is 0 Å². The summed E-state index contributed by atoms with van der Waals surface area (Å²) in [6, 6.07) is 6.31. The van der Waals surface area contributed by atoms with E-state index in [2.05, 4.69) is 25.1 Å². The van der Waals surface area contributed by atoms with Gasteiger partial charge in [0.25, 0.3) is 0 Å². The quantitative estimate of drug-likeness (QED) is 0.854. The molecule has 2 nitrogen and oxygen atoms in total. The third kappa shape index (κ3) is 1.63. The van der Waals surface area contributed by atoms with Gasteiger partial charge in [0, 0.05) is 10.9 Å². The summed E-state index contributed by atoms with van der Waals surface area (Å²) in [6.45, 7) is 2.08. The highest BCUT2D eigenvalue weighted by molar-refractivity contribution is 5.83. The van der Waals surface area contributed by atoms with Crippen molar-refractivity contribution in [2.75, 3.05) is 0 Å². The lowest BCUT2D eigenvalue weighted by Crippen LogP contribution is -2.21. The average Bonchev–Trinajstić information content (AvgIpc) is 2.86. The first-order chi connectivity index (χ1) is 7.68. The summed E-state index contributed by atoms with van der Waals surface area (Å²) in [6.07, 6.45) is 6.37. The van der Waals surface area contributed by atoms with Gasteiger partial charge >= 0.3 is 0 Å². The first-order valence-electron chi connectivity index (χ1n) is 5.93. The van der Waals surface area contributed by atoms with Gasteiger partial charge in [-0.05, 0) is 43.7 Å². The summed E-state index contributed by atoms with van der Waals surface area (Å²) < 4.78 is 5.62. The van der Waals surface area contributed by atoms with E-state index in [1.807, 2.05) is 6.26 Å². The van der Waals surface area contributed by atoms with E-state index in [1.54, 1.807) is 0 Å². The number of furan rings is 1. The van der Waals surface area contributed by atoms with Crippen molar-refractivity contribution in [3.63, 3.8) is 0 Å². The molecular weight excluding hydrogens is 198 g/mol. The number of para-hydroxylation sites is 1. The van der Waals surface area contributed by atoms with E-state index in [4.69, 9.17) is 10.2 Å². The molecule has 1 aliphatic rings. The number of hydrogen-bond donors (Lipinski definition) is 1. The predicted octanol–water partition coefficient (Wildman–Crippen LogP) is 3.17. The normalized spacial score (nSPS) is 17.9. The minimum absolute atomic E-state index is 0.132. The van der Waals surface area contributed by atoms with Crippen molar-refractivity contribution in [1.82, 2.24) is 0 Å². The van der Waals surface area contributed by atoms with E-state index in [0.717, 1.165) is 18.4 Å². The third-order valence-electron chi connectivity index (χ3n) is 3.66. The zero-order chi connectivity index (χ0) is 11.2. The van der Waals surface area contributed by atoms with Gasteiger partial charge in [-0.1, -0.05) is 18.2 Å². The van der Waals surface area contributed by atoms with Gasteiger partial charge in [0.2, 0.25) is 0 Å². The fourth-order valence-electron chi connectivity index (χ4n) is 2.24. The fraction of sp³-hybridized carbons (Fsp3) is 0.429. The maximum absolute atomic E-state index is 6.11. The molecule has 0 amide bonds. The molecule has 2 aromatic rings. The lowest BCUT2D eigenvalue weighted by Gasteiger charge is -2.06. The molecule has 1 saturated carbocycles. The summed E-state index contributed by atoms with van der Waals surface area (Å²) >= 11 is 0. The van der Waals surface area contributed by atoms with E-state index in [0.29, 0.717) is 0 Å². The second kappa shape index (κ2) is 3.36. The van der Waals surface area contributed by atoms with E-state index in [9.17, 15) is 0 Å². The SMILES string of the molecule is Cc1cccc2c(CCC3(N)CC3)coc12. The van der Waals surface area contributed by atoms with Crippen LogP contribution in [0, 0.1) is 6.92 Å². The van der Waals surface area contributed by atoms with Crippen molar-refractivity contribution < 1.29 is 4.42 Å². The van der Waals surface area contributed by atoms with Crippen LogP contribution in [0.2, 0.25) is 0 Å². The second-order valence-corrected chi connectivity index (χ2v) is 5.07. The molecule has 2 N–H and O–H groups in total. The highest BCUT2D eigenvalue weighted by atomic mass is 16.3. The van der Waals surface area contributed by atoms with E-state index in [-0.39, 0.29) is 5.54 Å². The van der Waals surface area contributed by atoms with Crippen LogP contribution < -0.4 is 5.73 Å². The highest BCUT2D eigenvalue weighted by Gasteiger charge is 2.37. The van der Waals surface area contributed by atoms with Crippen molar-refractivity contribution in [3.8, 4) is 0 Å². The molecule has 0 radical (unpaired) electrons. The van der Waals surface area contributed by atoms with Crippen LogP contribution in [0.25, 0.3) is 11.0 Å². The van der Waals surface area contributed by atoms with E-state index >= 15 is 0 Å². The molecule has 1 aromatic heterocycles. The van der Waals surface area contributed by atoms with E-state index in [1.165, 1.54) is 29.4 Å². The first-order valence-corrected chi connectivity index (χ1v) is 5.93. The zero-order valence-corrected chi connectivity index (χ0v) is 9.62. The molecule has 1 aliphatic carbocycles. The van der Waals surface area contributed by atoms with Crippen LogP contribution in [-0.4, -0.2) is 5.54 Å². The number of benzene rings is 1. The summed E-state index contributed by atoms with van der Waals surface area (Å²) in [5.41, 5.74) is 9.77. The standard InChI is InChI=1S/C14H17NO/c1-10-3-2-4-12-11(9-16-13(10)12)5-6-14(15)7-8-14/h2-4,9H,5-8,15H2,1H3. The molecule has 0 saturated heterocycles. The maximum Gasteiger partial charge on any atom is 0.137 e. The van der Waals surface area contributed by atoms with Gasteiger partial charge in [-0.15, -0.1) is 0 Å². The Morgan fingerprint density at radius 3 is 2.94 bits per heavy atom. The van der Waals surface area contributed by atoms with Crippen LogP contribution in [0.3, 0.4) is 0 Å². The lowest BCUT2D eigenvalue weighted by atomic mass is 10.0. The molecule has 1 aromatic carbocycles. The third-order valence-corrected chi connectivity index (χ3v) is 3.66. The minimum atomic E-state index is 0.132. The van der Waals surface area contributed by atoms with Gasteiger partial charge in [0.1, 0.15) is 5.58 Å². The van der Waals surface area contributed by atoms with Crippen LogP contribution in [0.15, 0.2) is 28.9 Å². The topological polar surface area (TPSA) is 39.2 Å². The van der Waals surface area contributed by atoms with Crippen LogP contribution in [0.1, 0.15) is 30.4 Å². The van der Waals surface area contributed by atoms with Gasteiger partial charge in [-0.2, -0.15) is 0 Å². The zero-order valence-electron chi connectivity index (χ0n) is 9.62. The maximum atomic E-state index is 6.11. The van der Waals surface area contributed by atoms with Crippen molar-refractivity contribution in [3.05, 3.63) is 35.6 Å². The number of rotatable bonds is 3. The Labute approximate surface area is 95.4 Å². The molecule has 3 rings (SSSR count). The second-order valence-electron chi connectivity index (χ2n) is 5.07. The fourth-order valence-corrected chi connectivity index (χ4v) is 2.24. The van der Waals surface area contributed by atoms with Crippen LogP contribution in [0.5, 0.6) is 0 Å². The minimum Gasteiger partial charge on any atom is -0.464 e. The van der Waals surface area contributed by atoms with Gasteiger partial charge in [0.05, 0.1) is 6.26 Å². The Balaban J connectivity index is 1.89. The molecule has 1 heterocycles. The van der Waals surface area contributed by atoms with Gasteiger partial charge < -0.3 is 10.2 Å². The van der Waals surface area contributed by atoms with Crippen molar-refractivity contribution in [2.45, 2.75) is 38.1 Å². The molecule has 0 aliphatic heterocycles. The molecule has 0 spiro atoms. The summed E-state index contributed by atoms with van der Waals surface area (Å²) in [7, 11) is 0. The molecule has 1 fully saturated rings. The summed E-state index contributed by atoms with van der Waals surface area (Å²) in [4.78, 5) is 0. The molecule has 0 unspecified atom stereocenters. The molecule has 0 atom stereocenters. The Morgan fingerprint density at radius 1 is 1.38 bits per heavy atom. The van der Waals surface area contributed by atoms with Gasteiger partial charge in [0.15, 0.2) is 0 Å². The molecule has 16 heavy (non-hydrogen) atoms. The molecule has 2 heteroatoms. The summed E-state index contributed by atoms with van der Waals surface area (Å²) in [5, 5.41) is 1.25. The Kier molecular flexibility index (Phi) is 2.08. The van der Waals surface area contributed by atoms with Crippen LogP contribution in [0.4, 0.5) is 0 Å². The highest BCUT2D eigenvalue weighted by Crippen LogP contribution is 2.37. The Morgan fingerprint density at radius 2 is 2.19 bits per heavy atom. The van der Waals surface area contributed by atoms with E-state index < -0.39 is 0 Å². The Hall–Kier alpha value is -1.28. The van der Waals surface area contributed by atoms with Crippen LogP contribution in [-0.2, 0) is 6.42 Å². The van der Waals surface area contributed by atoms with Gasteiger partial charge in [-0.25, -0.2) is 0 Å². The molecule has 84 valence electrons. The largest absolute Gasteiger partial charge is 0.464 e. The Bertz CT molecular complexity index is 523. The number of aryl methyl sites for hydroxylation is 2.